The van der Waals surface area contributed by atoms with Gasteiger partial charge in [-0.15, -0.1) is 10.2 Å². The Hall–Kier alpha value is -2.94. The van der Waals surface area contributed by atoms with Gasteiger partial charge in [0, 0.05) is 11.8 Å². The van der Waals surface area contributed by atoms with Crippen molar-refractivity contribution in [1.29, 1.82) is 0 Å². The number of thioether (sulfide) groups is 1. The molecule has 1 aliphatic rings. The summed E-state index contributed by atoms with van der Waals surface area (Å²) in [6.07, 6.45) is 1.56. The molecule has 1 atom stereocenters. The number of carbonyl (C=O) groups excluding carboxylic acids is 1. The average Bonchev–Trinajstić information content (AvgIpc) is 3.30. The minimum atomic E-state index is -0.433. The Balaban J connectivity index is 1.40. The van der Waals surface area contributed by atoms with Gasteiger partial charge in [-0.2, -0.15) is 0 Å². The molecular weight excluding hydrogens is 370 g/mol. The summed E-state index contributed by atoms with van der Waals surface area (Å²) in [7, 11) is 0. The van der Waals surface area contributed by atoms with E-state index in [0.29, 0.717) is 47.3 Å². The molecule has 0 bridgehead atoms. The van der Waals surface area contributed by atoms with Crippen LogP contribution < -0.4 is 14.8 Å². The molecule has 0 radical (unpaired) electrons. The van der Waals surface area contributed by atoms with Crippen LogP contribution in [0.3, 0.4) is 0 Å². The maximum absolute atomic E-state index is 12.5. The normalized spacial score (nSPS) is 14.0. The van der Waals surface area contributed by atoms with Crippen LogP contribution in [0.4, 0.5) is 5.69 Å². The summed E-state index contributed by atoms with van der Waals surface area (Å²) in [6, 6.07) is 7.06. The summed E-state index contributed by atoms with van der Waals surface area (Å²) in [5.74, 6) is 2.17. The first-order chi connectivity index (χ1) is 13.1. The number of hydrogen-bond donors (Lipinski definition) is 1. The van der Waals surface area contributed by atoms with Gasteiger partial charge in [0.05, 0.1) is 17.1 Å². The lowest BCUT2D eigenvalue weighted by Gasteiger charge is -2.19. The Kier molecular flexibility index (Phi) is 4.76. The summed E-state index contributed by atoms with van der Waals surface area (Å²) < 4.78 is 21.9. The maximum atomic E-state index is 12.5. The number of hydrogen-bond acceptors (Lipinski definition) is 8. The van der Waals surface area contributed by atoms with Crippen molar-refractivity contribution in [3.8, 4) is 23.0 Å². The van der Waals surface area contributed by atoms with E-state index in [1.54, 1.807) is 37.5 Å². The number of amides is 1. The third-order valence-corrected chi connectivity index (χ3v) is 4.89. The number of furan rings is 1. The first-order valence-electron chi connectivity index (χ1n) is 8.35. The van der Waals surface area contributed by atoms with Gasteiger partial charge in [-0.1, -0.05) is 11.8 Å². The van der Waals surface area contributed by atoms with E-state index in [0.717, 1.165) is 5.56 Å². The molecule has 0 saturated heterocycles. The molecule has 1 aromatic carbocycles. The number of nitrogens with one attached hydrogen (secondary N) is 1. The van der Waals surface area contributed by atoms with Gasteiger partial charge in [-0.25, -0.2) is 0 Å². The Labute approximate surface area is 159 Å². The summed E-state index contributed by atoms with van der Waals surface area (Å²) in [6.45, 7) is 4.60. The van der Waals surface area contributed by atoms with E-state index in [9.17, 15) is 4.79 Å². The molecule has 9 heteroatoms. The number of ether oxygens (including phenoxy) is 2. The molecule has 8 nitrogen and oxygen atoms in total. The Morgan fingerprint density at radius 3 is 2.78 bits per heavy atom. The fourth-order valence-electron chi connectivity index (χ4n) is 2.54. The highest BCUT2D eigenvalue weighted by atomic mass is 32.2. The molecule has 0 fully saturated rings. The van der Waals surface area contributed by atoms with Crippen LogP contribution in [0.2, 0.25) is 0 Å². The Bertz CT molecular complexity index is 968. The van der Waals surface area contributed by atoms with E-state index >= 15 is 0 Å². The Morgan fingerprint density at radius 1 is 1.19 bits per heavy atom. The van der Waals surface area contributed by atoms with Gasteiger partial charge in [0.2, 0.25) is 5.91 Å². The zero-order valence-electron chi connectivity index (χ0n) is 14.7. The number of aryl methyl sites for hydroxylation is 1. The molecule has 1 aliphatic heterocycles. The number of anilines is 1. The molecule has 1 amide bonds. The largest absolute Gasteiger partial charge is 0.486 e. The molecule has 1 unspecified atom stereocenters. The number of carbonyl (C=O) groups is 1. The van der Waals surface area contributed by atoms with Crippen molar-refractivity contribution in [1.82, 2.24) is 10.2 Å². The summed E-state index contributed by atoms with van der Waals surface area (Å²) in [4.78, 5) is 12.5. The lowest BCUT2D eigenvalue weighted by atomic mass is 10.2. The zero-order valence-corrected chi connectivity index (χ0v) is 15.5. The predicted octanol–water partition coefficient (Wildman–Crippen LogP) is 3.53. The van der Waals surface area contributed by atoms with Gasteiger partial charge in [-0.05, 0) is 32.0 Å². The van der Waals surface area contributed by atoms with Crippen molar-refractivity contribution in [2.75, 3.05) is 18.5 Å². The highest BCUT2D eigenvalue weighted by Crippen LogP contribution is 2.33. The van der Waals surface area contributed by atoms with Crippen LogP contribution in [0.15, 0.2) is 44.6 Å². The van der Waals surface area contributed by atoms with Gasteiger partial charge in [0.25, 0.3) is 11.1 Å². The van der Waals surface area contributed by atoms with Crippen molar-refractivity contribution in [2.45, 2.75) is 24.3 Å². The molecule has 2 aromatic heterocycles. The maximum Gasteiger partial charge on any atom is 0.277 e. The third kappa shape index (κ3) is 3.77. The second kappa shape index (κ2) is 7.36. The molecule has 27 heavy (non-hydrogen) atoms. The predicted molar refractivity (Wildman–Crippen MR) is 98.1 cm³/mol. The van der Waals surface area contributed by atoms with E-state index in [4.69, 9.17) is 18.3 Å². The fraction of sp³-hybridized carbons (Fsp3) is 0.278. The first-order valence-corrected chi connectivity index (χ1v) is 9.23. The molecule has 140 valence electrons. The van der Waals surface area contributed by atoms with E-state index in [1.807, 2.05) is 6.92 Å². The molecule has 0 saturated carbocycles. The van der Waals surface area contributed by atoms with E-state index in [2.05, 4.69) is 15.5 Å². The molecule has 1 N–H and O–H groups in total. The van der Waals surface area contributed by atoms with Crippen LogP contribution in [0.1, 0.15) is 12.7 Å². The summed E-state index contributed by atoms with van der Waals surface area (Å²) in [5.41, 5.74) is 1.37. The second-order valence-electron chi connectivity index (χ2n) is 5.87. The van der Waals surface area contributed by atoms with Crippen molar-refractivity contribution in [3.63, 3.8) is 0 Å². The van der Waals surface area contributed by atoms with Crippen molar-refractivity contribution < 1.29 is 23.1 Å². The van der Waals surface area contributed by atoms with Crippen LogP contribution in [0, 0.1) is 6.92 Å². The lowest BCUT2D eigenvalue weighted by Crippen LogP contribution is -2.22. The van der Waals surface area contributed by atoms with Crippen LogP contribution >= 0.6 is 11.8 Å². The van der Waals surface area contributed by atoms with Gasteiger partial charge in [0.15, 0.2) is 11.5 Å². The molecule has 0 aliphatic carbocycles. The number of benzene rings is 1. The SMILES string of the molecule is Cc1occc1-c1nnc(SC(C)C(=O)Nc2ccc3c(c2)OCCO3)o1. The number of aromatic nitrogens is 2. The fourth-order valence-corrected chi connectivity index (χ4v) is 3.23. The smallest absolute Gasteiger partial charge is 0.277 e. The van der Waals surface area contributed by atoms with Crippen molar-refractivity contribution >= 4 is 23.4 Å². The van der Waals surface area contributed by atoms with Gasteiger partial charge >= 0.3 is 0 Å². The van der Waals surface area contributed by atoms with Crippen LogP contribution in [0.5, 0.6) is 11.5 Å². The van der Waals surface area contributed by atoms with Gasteiger partial charge in [0.1, 0.15) is 19.0 Å². The minimum Gasteiger partial charge on any atom is -0.486 e. The van der Waals surface area contributed by atoms with Gasteiger partial charge in [-0.3, -0.25) is 4.79 Å². The van der Waals surface area contributed by atoms with Crippen molar-refractivity contribution in [2.24, 2.45) is 0 Å². The topological polar surface area (TPSA) is 99.6 Å². The molecule has 3 heterocycles. The monoisotopic (exact) mass is 387 g/mol. The molecule has 4 rings (SSSR count). The van der Waals surface area contributed by atoms with Crippen LogP contribution in [-0.2, 0) is 4.79 Å². The first kappa shape index (κ1) is 17.5. The standard InChI is InChI=1S/C18H17N3O5S/c1-10-13(5-6-23-10)17-20-21-18(26-17)27-11(2)16(22)19-12-3-4-14-15(9-12)25-8-7-24-14/h3-6,9,11H,7-8H2,1-2H3,(H,19,22). The second-order valence-corrected chi connectivity index (χ2v) is 7.16. The van der Waals surface area contributed by atoms with E-state index < -0.39 is 5.25 Å². The summed E-state index contributed by atoms with van der Waals surface area (Å²) in [5, 5.41) is 10.7. The Morgan fingerprint density at radius 2 is 2.00 bits per heavy atom. The lowest BCUT2D eigenvalue weighted by molar-refractivity contribution is -0.115. The van der Waals surface area contributed by atoms with Gasteiger partial charge < -0.3 is 23.6 Å². The average molecular weight is 387 g/mol. The van der Waals surface area contributed by atoms with Crippen LogP contribution in [-0.4, -0.2) is 34.6 Å². The summed E-state index contributed by atoms with van der Waals surface area (Å²) >= 11 is 1.18. The number of rotatable bonds is 5. The van der Waals surface area contributed by atoms with E-state index in [1.165, 1.54) is 11.8 Å². The quantitative estimate of drug-likeness (QED) is 0.664. The molecule has 0 spiro atoms. The molecule has 3 aromatic rings. The highest BCUT2D eigenvalue weighted by Gasteiger charge is 2.21. The number of fused-ring (bicyclic) bond motifs is 1. The van der Waals surface area contributed by atoms with E-state index in [-0.39, 0.29) is 5.91 Å². The third-order valence-electron chi connectivity index (χ3n) is 3.95. The zero-order chi connectivity index (χ0) is 18.8. The highest BCUT2D eigenvalue weighted by molar-refractivity contribution is 8.00. The van der Waals surface area contributed by atoms with Crippen LogP contribution in [0.25, 0.3) is 11.5 Å². The number of nitrogens with zero attached hydrogens (tertiary/aromatic N) is 2. The molecular formula is C18H17N3O5S. The minimum absolute atomic E-state index is 0.184. The van der Waals surface area contributed by atoms with Crippen molar-refractivity contribution in [3.05, 3.63) is 36.3 Å².